The van der Waals surface area contributed by atoms with E-state index in [0.29, 0.717) is 12.1 Å². The Labute approximate surface area is 140 Å². The van der Waals surface area contributed by atoms with Crippen LogP contribution in [0.15, 0.2) is 34.9 Å². The van der Waals surface area contributed by atoms with Crippen LogP contribution in [0, 0.1) is 0 Å². The van der Waals surface area contributed by atoms with Gasteiger partial charge in [-0.25, -0.2) is 4.79 Å². The van der Waals surface area contributed by atoms with Crippen molar-refractivity contribution in [2.24, 2.45) is 0 Å². The Hall–Kier alpha value is -2.63. The van der Waals surface area contributed by atoms with Crippen LogP contribution in [0.2, 0.25) is 0 Å². The summed E-state index contributed by atoms with van der Waals surface area (Å²) in [6.45, 7) is 4.29. The zero-order chi connectivity index (χ0) is 17.3. The number of amides is 1. The fraction of sp³-hybridized carbons (Fsp3) is 0.389. The second-order valence-electron chi connectivity index (χ2n) is 6.19. The highest BCUT2D eigenvalue weighted by Gasteiger charge is 2.36. The Morgan fingerprint density at radius 3 is 2.75 bits per heavy atom. The quantitative estimate of drug-likeness (QED) is 0.933. The zero-order valence-electron chi connectivity index (χ0n) is 13.7. The first-order chi connectivity index (χ1) is 11.5. The summed E-state index contributed by atoms with van der Waals surface area (Å²) in [5, 5.41) is 13.5. The Morgan fingerprint density at radius 1 is 1.38 bits per heavy atom. The van der Waals surface area contributed by atoms with Gasteiger partial charge in [-0.1, -0.05) is 43.3 Å². The molecule has 0 aliphatic carbocycles. The lowest BCUT2D eigenvalue weighted by atomic mass is 9.93. The Kier molecular flexibility index (Phi) is 4.38. The molecule has 1 aliphatic heterocycles. The molecule has 0 saturated carbocycles. The largest absolute Gasteiger partial charge is 0.480 e. The van der Waals surface area contributed by atoms with Gasteiger partial charge in [0.2, 0.25) is 5.76 Å². The van der Waals surface area contributed by atoms with E-state index in [-0.39, 0.29) is 18.2 Å². The number of rotatable bonds is 4. The highest BCUT2D eigenvalue weighted by Crippen LogP contribution is 2.26. The average Bonchev–Trinajstić information content (AvgIpc) is 3.09. The van der Waals surface area contributed by atoms with Gasteiger partial charge in [0, 0.05) is 24.9 Å². The fourth-order valence-electron chi connectivity index (χ4n) is 2.93. The van der Waals surface area contributed by atoms with Crippen LogP contribution in [-0.2, 0) is 17.8 Å². The third-order valence-electron chi connectivity index (χ3n) is 4.65. The summed E-state index contributed by atoms with van der Waals surface area (Å²) in [6, 6.07) is 8.31. The number of carbonyl (C=O) groups is 2. The zero-order valence-corrected chi connectivity index (χ0v) is 13.7. The molecule has 1 aromatic heterocycles. The molecule has 1 aromatic carbocycles. The van der Waals surface area contributed by atoms with Crippen LogP contribution < -0.4 is 0 Å². The summed E-state index contributed by atoms with van der Waals surface area (Å²) >= 11 is 0. The molecule has 6 heteroatoms. The molecular weight excluding hydrogens is 308 g/mol. The SMILES string of the molecule is CC[C@H](C)c1cc(C(=O)N2Cc3ccccc3C[C@H]2C(=O)O)on1. The van der Waals surface area contributed by atoms with E-state index in [1.807, 2.05) is 38.1 Å². The molecule has 24 heavy (non-hydrogen) atoms. The number of aliphatic carboxylic acids is 1. The van der Waals surface area contributed by atoms with E-state index < -0.39 is 17.9 Å². The first-order valence-corrected chi connectivity index (χ1v) is 8.08. The summed E-state index contributed by atoms with van der Waals surface area (Å²) in [7, 11) is 0. The maximum absolute atomic E-state index is 12.8. The molecule has 1 amide bonds. The molecule has 126 valence electrons. The van der Waals surface area contributed by atoms with Crippen LogP contribution >= 0.6 is 0 Å². The molecule has 1 aliphatic rings. The summed E-state index contributed by atoms with van der Waals surface area (Å²) in [5.74, 6) is -1.16. The van der Waals surface area contributed by atoms with Gasteiger partial charge in [-0.3, -0.25) is 4.79 Å². The third kappa shape index (κ3) is 2.91. The van der Waals surface area contributed by atoms with Gasteiger partial charge < -0.3 is 14.5 Å². The van der Waals surface area contributed by atoms with Crippen molar-refractivity contribution in [2.75, 3.05) is 0 Å². The molecule has 0 radical (unpaired) electrons. The van der Waals surface area contributed by atoms with Crippen LogP contribution in [0.5, 0.6) is 0 Å². The van der Waals surface area contributed by atoms with E-state index in [1.165, 1.54) is 4.90 Å². The molecule has 0 bridgehead atoms. The summed E-state index contributed by atoms with van der Waals surface area (Å²) in [4.78, 5) is 25.8. The number of aromatic nitrogens is 1. The monoisotopic (exact) mass is 328 g/mol. The molecule has 0 spiro atoms. The Morgan fingerprint density at radius 2 is 2.08 bits per heavy atom. The lowest BCUT2D eigenvalue weighted by Crippen LogP contribution is -2.48. The minimum Gasteiger partial charge on any atom is -0.480 e. The number of carboxylic acid groups (broad SMARTS) is 1. The van der Waals surface area contributed by atoms with Crippen molar-refractivity contribution < 1.29 is 19.2 Å². The van der Waals surface area contributed by atoms with E-state index in [0.717, 1.165) is 17.5 Å². The maximum Gasteiger partial charge on any atom is 0.326 e. The summed E-state index contributed by atoms with van der Waals surface area (Å²) in [5.41, 5.74) is 2.64. The normalized spacial score (nSPS) is 18.1. The lowest BCUT2D eigenvalue weighted by molar-refractivity contribution is -0.142. The van der Waals surface area contributed by atoms with Gasteiger partial charge in [0.15, 0.2) is 0 Å². The summed E-state index contributed by atoms with van der Waals surface area (Å²) < 4.78 is 5.18. The molecule has 1 N–H and O–H groups in total. The first-order valence-electron chi connectivity index (χ1n) is 8.08. The number of nitrogens with zero attached hydrogens (tertiary/aromatic N) is 2. The predicted octanol–water partition coefficient (Wildman–Crippen LogP) is 2.84. The van der Waals surface area contributed by atoms with Gasteiger partial charge in [-0.15, -0.1) is 0 Å². The number of carboxylic acids is 1. The van der Waals surface area contributed by atoms with Crippen LogP contribution in [0.4, 0.5) is 0 Å². The highest BCUT2D eigenvalue weighted by molar-refractivity contribution is 5.94. The number of carbonyl (C=O) groups excluding carboxylic acids is 1. The Balaban J connectivity index is 1.90. The van der Waals surface area contributed by atoms with Gasteiger partial charge in [0.1, 0.15) is 6.04 Å². The van der Waals surface area contributed by atoms with Crippen LogP contribution in [0.3, 0.4) is 0 Å². The molecule has 0 saturated heterocycles. The molecule has 2 atom stereocenters. The molecule has 3 rings (SSSR count). The summed E-state index contributed by atoms with van der Waals surface area (Å²) in [6.07, 6.45) is 1.18. The van der Waals surface area contributed by atoms with E-state index in [4.69, 9.17) is 4.52 Å². The third-order valence-corrected chi connectivity index (χ3v) is 4.65. The molecule has 6 nitrogen and oxygen atoms in total. The number of hydrogen-bond acceptors (Lipinski definition) is 4. The van der Waals surface area contributed by atoms with E-state index in [9.17, 15) is 14.7 Å². The van der Waals surface area contributed by atoms with E-state index >= 15 is 0 Å². The predicted molar refractivity (Wildman–Crippen MR) is 86.7 cm³/mol. The van der Waals surface area contributed by atoms with Gasteiger partial charge in [0.05, 0.1) is 5.69 Å². The molecule has 2 aromatic rings. The van der Waals surface area contributed by atoms with Crippen molar-refractivity contribution in [3.8, 4) is 0 Å². The average molecular weight is 328 g/mol. The fourth-order valence-corrected chi connectivity index (χ4v) is 2.93. The number of hydrogen-bond donors (Lipinski definition) is 1. The van der Waals surface area contributed by atoms with Crippen LogP contribution in [0.25, 0.3) is 0 Å². The van der Waals surface area contributed by atoms with Crippen molar-refractivity contribution in [3.63, 3.8) is 0 Å². The minimum atomic E-state index is -1.01. The maximum atomic E-state index is 12.8. The second-order valence-corrected chi connectivity index (χ2v) is 6.19. The van der Waals surface area contributed by atoms with Gasteiger partial charge >= 0.3 is 5.97 Å². The molecule has 2 heterocycles. The van der Waals surface area contributed by atoms with Crippen LogP contribution in [-0.4, -0.2) is 33.1 Å². The van der Waals surface area contributed by atoms with Crippen LogP contribution in [0.1, 0.15) is 53.6 Å². The van der Waals surface area contributed by atoms with Gasteiger partial charge in [0.25, 0.3) is 5.91 Å². The van der Waals surface area contributed by atoms with E-state index in [2.05, 4.69) is 5.16 Å². The minimum absolute atomic E-state index is 0.0935. The smallest absolute Gasteiger partial charge is 0.326 e. The standard InChI is InChI=1S/C18H20N2O4/c1-3-11(2)14-9-16(24-19-14)17(21)20-10-13-7-5-4-6-12(13)8-15(20)18(22)23/h4-7,9,11,15H,3,8,10H2,1-2H3,(H,22,23)/t11-,15-/m0/s1. The van der Waals surface area contributed by atoms with Crippen molar-refractivity contribution >= 4 is 11.9 Å². The van der Waals surface area contributed by atoms with Crippen molar-refractivity contribution in [1.29, 1.82) is 0 Å². The highest BCUT2D eigenvalue weighted by atomic mass is 16.5. The number of benzene rings is 1. The molecule has 0 fully saturated rings. The van der Waals surface area contributed by atoms with Crippen molar-refractivity contribution in [2.45, 2.75) is 45.2 Å². The first kappa shape index (κ1) is 16.2. The second kappa shape index (κ2) is 6.47. The topological polar surface area (TPSA) is 83.6 Å². The lowest BCUT2D eigenvalue weighted by Gasteiger charge is -2.33. The molecular formula is C18H20N2O4. The van der Waals surface area contributed by atoms with E-state index in [1.54, 1.807) is 6.07 Å². The van der Waals surface area contributed by atoms with Gasteiger partial charge in [-0.2, -0.15) is 0 Å². The van der Waals surface area contributed by atoms with Crippen molar-refractivity contribution in [3.05, 3.63) is 52.9 Å². The number of fused-ring (bicyclic) bond motifs is 1. The molecule has 0 unspecified atom stereocenters. The van der Waals surface area contributed by atoms with Crippen molar-refractivity contribution in [1.82, 2.24) is 10.1 Å². The van der Waals surface area contributed by atoms with Gasteiger partial charge in [-0.05, 0) is 17.5 Å². The Bertz CT molecular complexity index is 768.